The van der Waals surface area contributed by atoms with Gasteiger partial charge in [0.05, 0.1) is 18.8 Å². The molecule has 1 heterocycles. The number of rotatable bonds is 12. The summed E-state index contributed by atoms with van der Waals surface area (Å²) in [5.74, 6) is 1.98. The van der Waals surface area contributed by atoms with E-state index in [-0.39, 0.29) is 11.7 Å². The number of hydrogen-bond acceptors (Lipinski definition) is 6. The number of benzene rings is 4. The molecule has 0 radical (unpaired) electrons. The Morgan fingerprint density at radius 1 is 0.825 bits per heavy atom. The first-order chi connectivity index (χ1) is 19.6. The van der Waals surface area contributed by atoms with Crippen LogP contribution in [0.25, 0.3) is 22.7 Å². The molecule has 0 unspecified atom stereocenters. The van der Waals surface area contributed by atoms with Gasteiger partial charge in [0.25, 0.3) is 0 Å². The van der Waals surface area contributed by atoms with Gasteiger partial charge in [-0.3, -0.25) is 4.79 Å². The van der Waals surface area contributed by atoms with E-state index in [0.29, 0.717) is 53.6 Å². The second-order valence-corrected chi connectivity index (χ2v) is 9.16. The summed E-state index contributed by atoms with van der Waals surface area (Å²) in [7, 11) is 0. The number of Topliss-reactive ketones (excluding diaryl/α,β-unsaturated/α-hetero) is 1. The van der Waals surface area contributed by atoms with Crippen molar-refractivity contribution in [2.24, 2.45) is 0 Å². The molecule has 5 rings (SSSR count). The molecule has 0 spiro atoms. The number of hydrogen-bond donors (Lipinski definition) is 0. The van der Waals surface area contributed by atoms with Gasteiger partial charge in [-0.05, 0) is 79.1 Å². The molecule has 6 heteroatoms. The fourth-order valence-corrected chi connectivity index (χ4v) is 4.19. The summed E-state index contributed by atoms with van der Waals surface area (Å²) < 4.78 is 23.7. The molecule has 5 aromatic rings. The van der Waals surface area contributed by atoms with Crippen LogP contribution in [0.5, 0.6) is 17.2 Å². The molecular weight excluding hydrogens is 502 g/mol. The maximum atomic E-state index is 13.8. The number of nitrogens with zero attached hydrogens (tertiary/aromatic N) is 1. The number of fused-ring (bicyclic) bond motifs is 1. The van der Waals surface area contributed by atoms with Gasteiger partial charge in [0.1, 0.15) is 17.9 Å². The van der Waals surface area contributed by atoms with Crippen LogP contribution in [0.3, 0.4) is 0 Å². The average molecular weight is 534 g/mol. The zero-order chi connectivity index (χ0) is 27.7. The molecule has 202 valence electrons. The molecule has 40 heavy (non-hydrogen) atoms. The van der Waals surface area contributed by atoms with E-state index in [1.54, 1.807) is 30.3 Å². The topological polar surface area (TPSA) is 70.8 Å². The highest BCUT2D eigenvalue weighted by molar-refractivity contribution is 6.31. The van der Waals surface area contributed by atoms with Crippen LogP contribution in [0.15, 0.2) is 101 Å². The molecule has 0 aliphatic carbocycles. The molecular formula is C34H31NO5. The Hall–Kier alpha value is -4.84. The summed E-state index contributed by atoms with van der Waals surface area (Å²) in [6.07, 6.45) is 2.68. The number of ether oxygens (including phenoxy) is 3. The highest BCUT2D eigenvalue weighted by atomic mass is 16.5. The van der Waals surface area contributed by atoms with E-state index in [2.05, 4.69) is 4.98 Å². The van der Waals surface area contributed by atoms with Crippen LogP contribution < -0.4 is 14.2 Å². The van der Waals surface area contributed by atoms with Gasteiger partial charge in [-0.25, -0.2) is 4.98 Å². The first kappa shape index (κ1) is 26.8. The van der Waals surface area contributed by atoms with Crippen LogP contribution in [0.1, 0.15) is 47.6 Å². The number of para-hydroxylation sites is 2. The molecule has 4 aromatic carbocycles. The van der Waals surface area contributed by atoms with E-state index in [1.807, 2.05) is 86.6 Å². The van der Waals surface area contributed by atoms with Crippen LogP contribution in [0.4, 0.5) is 0 Å². The molecule has 0 fully saturated rings. The molecule has 0 aliphatic rings. The largest absolute Gasteiger partial charge is 0.494 e. The van der Waals surface area contributed by atoms with Gasteiger partial charge in [-0.2, -0.15) is 0 Å². The smallest absolute Gasteiger partial charge is 0.231 e. The minimum Gasteiger partial charge on any atom is -0.494 e. The number of carbonyl (C=O) groups is 1. The summed E-state index contributed by atoms with van der Waals surface area (Å²) in [5.41, 5.74) is 3.94. The molecule has 0 N–H and O–H groups in total. The zero-order valence-corrected chi connectivity index (χ0v) is 22.6. The van der Waals surface area contributed by atoms with Crippen LogP contribution in [-0.2, 0) is 6.61 Å². The summed E-state index contributed by atoms with van der Waals surface area (Å²) in [4.78, 5) is 18.4. The minimum absolute atomic E-state index is 0.212. The van der Waals surface area contributed by atoms with Crippen molar-refractivity contribution in [1.29, 1.82) is 0 Å². The quantitative estimate of drug-likeness (QED) is 0.119. The van der Waals surface area contributed by atoms with Gasteiger partial charge >= 0.3 is 0 Å². The lowest BCUT2D eigenvalue weighted by Crippen LogP contribution is -2.04. The monoisotopic (exact) mass is 533 g/mol. The van der Waals surface area contributed by atoms with Crippen molar-refractivity contribution >= 4 is 28.5 Å². The molecule has 0 aliphatic heterocycles. The molecule has 0 saturated carbocycles. The van der Waals surface area contributed by atoms with Gasteiger partial charge in [0.2, 0.25) is 5.89 Å². The zero-order valence-electron chi connectivity index (χ0n) is 22.6. The van der Waals surface area contributed by atoms with Crippen molar-refractivity contribution in [3.8, 4) is 17.2 Å². The maximum absolute atomic E-state index is 13.8. The van der Waals surface area contributed by atoms with E-state index < -0.39 is 0 Å². The Morgan fingerprint density at radius 2 is 1.60 bits per heavy atom. The second-order valence-electron chi connectivity index (χ2n) is 9.16. The Balaban J connectivity index is 1.50. The molecule has 0 bridgehead atoms. The van der Waals surface area contributed by atoms with E-state index in [4.69, 9.17) is 18.6 Å². The van der Waals surface area contributed by atoms with Gasteiger partial charge < -0.3 is 18.6 Å². The molecule has 0 amide bonds. The molecule has 6 nitrogen and oxygen atoms in total. The minimum atomic E-state index is -0.212. The standard InChI is InChI=1S/C34H31NO5/c1-3-20-38-27-17-15-26(16-18-27)33(36)28(34-35-29-12-8-9-13-30(29)40-34)21-25-14-19-31(32(22-25)37-4-2)39-23-24-10-6-5-7-11-24/h5-19,21-22H,3-4,20,23H2,1-2H3. The summed E-state index contributed by atoms with van der Waals surface area (Å²) in [6.45, 7) is 5.48. The summed E-state index contributed by atoms with van der Waals surface area (Å²) >= 11 is 0. The number of allylic oxidation sites excluding steroid dienone is 1. The van der Waals surface area contributed by atoms with Crippen molar-refractivity contribution in [1.82, 2.24) is 4.98 Å². The fourth-order valence-electron chi connectivity index (χ4n) is 4.19. The van der Waals surface area contributed by atoms with Gasteiger partial charge in [0, 0.05) is 5.56 Å². The third-order valence-corrected chi connectivity index (χ3v) is 6.17. The highest BCUT2D eigenvalue weighted by Crippen LogP contribution is 2.32. The van der Waals surface area contributed by atoms with Crippen LogP contribution in [-0.4, -0.2) is 24.0 Å². The predicted octanol–water partition coefficient (Wildman–Crippen LogP) is 8.02. The summed E-state index contributed by atoms with van der Waals surface area (Å²) in [5, 5.41) is 0. The maximum Gasteiger partial charge on any atom is 0.231 e. The third kappa shape index (κ3) is 6.41. The molecule has 0 saturated heterocycles. The van der Waals surface area contributed by atoms with Crippen molar-refractivity contribution in [3.05, 3.63) is 120 Å². The number of carbonyl (C=O) groups excluding carboxylic acids is 1. The van der Waals surface area contributed by atoms with Gasteiger partial charge in [-0.15, -0.1) is 0 Å². The van der Waals surface area contributed by atoms with Crippen molar-refractivity contribution in [2.45, 2.75) is 26.9 Å². The van der Waals surface area contributed by atoms with E-state index in [0.717, 1.165) is 23.3 Å². The number of ketones is 1. The van der Waals surface area contributed by atoms with E-state index in [1.165, 1.54) is 0 Å². The second kappa shape index (κ2) is 12.8. The predicted molar refractivity (Wildman–Crippen MR) is 157 cm³/mol. The lowest BCUT2D eigenvalue weighted by Gasteiger charge is -2.13. The Labute approximate surface area is 233 Å². The van der Waals surface area contributed by atoms with Crippen molar-refractivity contribution in [3.63, 3.8) is 0 Å². The molecule has 0 atom stereocenters. The van der Waals surface area contributed by atoms with Crippen LogP contribution >= 0.6 is 0 Å². The number of aromatic nitrogens is 1. The first-order valence-electron chi connectivity index (χ1n) is 13.4. The summed E-state index contributed by atoms with van der Waals surface area (Å²) in [6, 6.07) is 30.1. The Bertz CT molecular complexity index is 1570. The van der Waals surface area contributed by atoms with Crippen LogP contribution in [0.2, 0.25) is 0 Å². The molecule has 1 aromatic heterocycles. The van der Waals surface area contributed by atoms with Gasteiger partial charge in [0.15, 0.2) is 22.9 Å². The van der Waals surface area contributed by atoms with Gasteiger partial charge in [-0.1, -0.05) is 55.5 Å². The van der Waals surface area contributed by atoms with E-state index >= 15 is 0 Å². The lowest BCUT2D eigenvalue weighted by molar-refractivity contribution is 0.105. The Kier molecular flexibility index (Phi) is 8.57. The van der Waals surface area contributed by atoms with Crippen molar-refractivity contribution < 1.29 is 23.4 Å². The van der Waals surface area contributed by atoms with Crippen LogP contribution in [0, 0.1) is 0 Å². The fraction of sp³-hybridized carbons (Fsp3) is 0.176. The highest BCUT2D eigenvalue weighted by Gasteiger charge is 2.21. The van der Waals surface area contributed by atoms with Crippen molar-refractivity contribution in [2.75, 3.05) is 13.2 Å². The SMILES string of the molecule is CCCOc1ccc(C(=O)C(=Cc2ccc(OCc3ccccc3)c(OCC)c2)c2nc3ccccc3o2)cc1. The lowest BCUT2D eigenvalue weighted by atomic mass is 10.0. The first-order valence-corrected chi connectivity index (χ1v) is 13.4. The van der Waals surface area contributed by atoms with E-state index in [9.17, 15) is 4.79 Å². The average Bonchev–Trinajstić information content (AvgIpc) is 3.43. The Morgan fingerprint density at radius 3 is 2.35 bits per heavy atom. The number of oxazole rings is 1. The third-order valence-electron chi connectivity index (χ3n) is 6.17. The normalized spacial score (nSPS) is 11.4.